The van der Waals surface area contributed by atoms with Crippen LogP contribution in [-0.4, -0.2) is 25.0 Å². The monoisotopic (exact) mass is 284 g/mol. The highest BCUT2D eigenvalue weighted by Gasteiger charge is 2.08. The van der Waals surface area contributed by atoms with E-state index in [1.54, 1.807) is 24.3 Å². The van der Waals surface area contributed by atoms with Gasteiger partial charge in [-0.2, -0.15) is 0 Å². The van der Waals surface area contributed by atoms with Gasteiger partial charge in [-0.05, 0) is 31.2 Å². The van der Waals surface area contributed by atoms with Crippen molar-refractivity contribution in [3.05, 3.63) is 65.7 Å². The molecule has 0 bridgehead atoms. The minimum Gasteiger partial charge on any atom is -0.490 e. The molecule has 2 aromatic rings. The van der Waals surface area contributed by atoms with E-state index in [2.05, 4.69) is 0 Å². The number of hydrogen-bond donors (Lipinski definition) is 0. The molecule has 0 radical (unpaired) electrons. The van der Waals surface area contributed by atoms with E-state index in [0.717, 1.165) is 5.75 Å². The molecule has 0 N–H and O–H groups in total. The third-order valence-corrected chi connectivity index (χ3v) is 2.86. The maximum absolute atomic E-state index is 11.8. The van der Waals surface area contributed by atoms with Gasteiger partial charge in [0, 0.05) is 5.56 Å². The summed E-state index contributed by atoms with van der Waals surface area (Å²) in [7, 11) is 0. The van der Waals surface area contributed by atoms with Crippen LogP contribution in [-0.2, 0) is 4.74 Å². The van der Waals surface area contributed by atoms with Gasteiger partial charge in [-0.15, -0.1) is 0 Å². The Bertz CT molecular complexity index is 602. The Balaban J connectivity index is 1.78. The molecule has 4 nitrogen and oxygen atoms in total. The fraction of sp³-hybridized carbons (Fsp3) is 0.176. The molecule has 0 heterocycles. The average molecular weight is 284 g/mol. The zero-order valence-electron chi connectivity index (χ0n) is 11.7. The largest absolute Gasteiger partial charge is 0.490 e. The number of Topliss-reactive ketones (excluding diaryl/α,β-unsaturated/α-hetero) is 1. The van der Waals surface area contributed by atoms with Crippen molar-refractivity contribution in [1.29, 1.82) is 0 Å². The summed E-state index contributed by atoms with van der Waals surface area (Å²) in [6.45, 7) is 1.94. The molecule has 0 saturated carbocycles. The molecular weight excluding hydrogens is 268 g/mol. The minimum absolute atomic E-state index is 0.0359. The summed E-state index contributed by atoms with van der Waals surface area (Å²) in [5, 5.41) is 0. The normalized spacial score (nSPS) is 9.95. The molecule has 0 atom stereocenters. The van der Waals surface area contributed by atoms with E-state index in [9.17, 15) is 9.59 Å². The highest BCUT2D eigenvalue weighted by molar-refractivity contribution is 5.96. The van der Waals surface area contributed by atoms with Crippen molar-refractivity contribution in [2.24, 2.45) is 0 Å². The standard InChI is InChI=1S/C17H16O4/c1-13(18)14-7-9-15(10-8-14)17(19)21-12-11-20-16-5-3-2-4-6-16/h2-10H,11-12H2,1H3. The highest BCUT2D eigenvalue weighted by atomic mass is 16.6. The Labute approximate surface area is 123 Å². The van der Waals surface area contributed by atoms with Gasteiger partial charge in [0.1, 0.15) is 19.0 Å². The summed E-state index contributed by atoms with van der Waals surface area (Å²) in [6, 6.07) is 15.7. The van der Waals surface area contributed by atoms with Crippen molar-refractivity contribution >= 4 is 11.8 Å². The highest BCUT2D eigenvalue weighted by Crippen LogP contribution is 2.09. The third kappa shape index (κ3) is 4.45. The fourth-order valence-electron chi connectivity index (χ4n) is 1.73. The summed E-state index contributed by atoms with van der Waals surface area (Å²) < 4.78 is 10.5. The Morgan fingerprint density at radius 3 is 2.10 bits per heavy atom. The first-order chi connectivity index (χ1) is 10.2. The van der Waals surface area contributed by atoms with Crippen LogP contribution in [0.3, 0.4) is 0 Å². The van der Waals surface area contributed by atoms with Crippen LogP contribution in [0, 0.1) is 0 Å². The topological polar surface area (TPSA) is 52.6 Å². The molecule has 0 aliphatic heterocycles. The molecule has 0 fully saturated rings. The lowest BCUT2D eigenvalue weighted by Gasteiger charge is -2.07. The van der Waals surface area contributed by atoms with Crippen molar-refractivity contribution in [3.63, 3.8) is 0 Å². The SMILES string of the molecule is CC(=O)c1ccc(C(=O)OCCOc2ccccc2)cc1. The van der Waals surface area contributed by atoms with Crippen molar-refractivity contribution < 1.29 is 19.1 Å². The van der Waals surface area contributed by atoms with E-state index in [-0.39, 0.29) is 12.4 Å². The van der Waals surface area contributed by atoms with Crippen LogP contribution < -0.4 is 4.74 Å². The van der Waals surface area contributed by atoms with Crippen LogP contribution in [0.1, 0.15) is 27.6 Å². The van der Waals surface area contributed by atoms with E-state index >= 15 is 0 Å². The number of ketones is 1. The number of benzene rings is 2. The van der Waals surface area contributed by atoms with Crippen LogP contribution in [0.2, 0.25) is 0 Å². The zero-order valence-corrected chi connectivity index (χ0v) is 11.7. The molecule has 2 rings (SSSR count). The number of para-hydroxylation sites is 1. The summed E-state index contributed by atoms with van der Waals surface area (Å²) in [5.41, 5.74) is 0.985. The molecule has 21 heavy (non-hydrogen) atoms. The van der Waals surface area contributed by atoms with Crippen molar-refractivity contribution in [2.45, 2.75) is 6.92 Å². The molecule has 0 aromatic heterocycles. The van der Waals surface area contributed by atoms with Crippen LogP contribution in [0.25, 0.3) is 0 Å². The Kier molecular flexibility index (Phi) is 5.10. The summed E-state index contributed by atoms with van der Waals surface area (Å²) in [4.78, 5) is 22.9. The lowest BCUT2D eigenvalue weighted by Crippen LogP contribution is -2.12. The van der Waals surface area contributed by atoms with Gasteiger partial charge in [0.2, 0.25) is 0 Å². The zero-order chi connectivity index (χ0) is 15.1. The van der Waals surface area contributed by atoms with Gasteiger partial charge >= 0.3 is 5.97 Å². The molecular formula is C17H16O4. The number of ether oxygens (including phenoxy) is 2. The van der Waals surface area contributed by atoms with Crippen LogP contribution in [0.15, 0.2) is 54.6 Å². The van der Waals surface area contributed by atoms with Crippen molar-refractivity contribution in [2.75, 3.05) is 13.2 Å². The van der Waals surface area contributed by atoms with E-state index in [0.29, 0.717) is 17.7 Å². The van der Waals surface area contributed by atoms with Gasteiger partial charge in [0.25, 0.3) is 0 Å². The molecule has 0 aliphatic carbocycles. The van der Waals surface area contributed by atoms with Crippen LogP contribution in [0.5, 0.6) is 5.75 Å². The maximum Gasteiger partial charge on any atom is 0.338 e. The Hall–Kier alpha value is -2.62. The van der Waals surface area contributed by atoms with Crippen LogP contribution in [0.4, 0.5) is 0 Å². The van der Waals surface area contributed by atoms with Gasteiger partial charge in [-0.1, -0.05) is 30.3 Å². The first kappa shape index (κ1) is 14.8. The van der Waals surface area contributed by atoms with Gasteiger partial charge in [-0.25, -0.2) is 4.79 Å². The first-order valence-electron chi connectivity index (χ1n) is 6.63. The summed E-state index contributed by atoms with van der Waals surface area (Å²) in [5.74, 6) is 0.271. The minimum atomic E-state index is -0.429. The molecule has 4 heteroatoms. The molecule has 2 aromatic carbocycles. The summed E-state index contributed by atoms with van der Waals surface area (Å²) in [6.07, 6.45) is 0. The van der Waals surface area contributed by atoms with E-state index in [4.69, 9.17) is 9.47 Å². The molecule has 0 spiro atoms. The van der Waals surface area contributed by atoms with Crippen LogP contribution >= 0.6 is 0 Å². The number of esters is 1. The van der Waals surface area contributed by atoms with Gasteiger partial charge in [-0.3, -0.25) is 4.79 Å². The van der Waals surface area contributed by atoms with Crippen molar-refractivity contribution in [3.8, 4) is 5.75 Å². The summed E-state index contributed by atoms with van der Waals surface area (Å²) >= 11 is 0. The number of hydrogen-bond acceptors (Lipinski definition) is 4. The lowest BCUT2D eigenvalue weighted by molar-refractivity contribution is 0.0450. The van der Waals surface area contributed by atoms with Gasteiger partial charge < -0.3 is 9.47 Å². The number of carbonyl (C=O) groups excluding carboxylic acids is 2. The predicted octanol–water partition coefficient (Wildman–Crippen LogP) is 3.13. The van der Waals surface area contributed by atoms with E-state index < -0.39 is 5.97 Å². The van der Waals surface area contributed by atoms with Gasteiger partial charge in [0.15, 0.2) is 5.78 Å². The number of rotatable bonds is 6. The average Bonchev–Trinajstić information content (AvgIpc) is 2.52. The van der Waals surface area contributed by atoms with Gasteiger partial charge in [0.05, 0.1) is 5.56 Å². The Morgan fingerprint density at radius 1 is 0.857 bits per heavy atom. The maximum atomic E-state index is 11.8. The molecule has 0 saturated heterocycles. The quantitative estimate of drug-likeness (QED) is 0.464. The first-order valence-corrected chi connectivity index (χ1v) is 6.63. The predicted molar refractivity (Wildman–Crippen MR) is 78.7 cm³/mol. The Morgan fingerprint density at radius 2 is 1.48 bits per heavy atom. The van der Waals surface area contributed by atoms with E-state index in [1.165, 1.54) is 6.92 Å². The van der Waals surface area contributed by atoms with Crippen molar-refractivity contribution in [1.82, 2.24) is 0 Å². The molecule has 108 valence electrons. The third-order valence-electron chi connectivity index (χ3n) is 2.86. The lowest BCUT2D eigenvalue weighted by atomic mass is 10.1. The smallest absolute Gasteiger partial charge is 0.338 e. The molecule has 0 aliphatic rings. The second kappa shape index (κ2) is 7.24. The fourth-order valence-corrected chi connectivity index (χ4v) is 1.73. The molecule has 0 amide bonds. The number of carbonyl (C=O) groups is 2. The van der Waals surface area contributed by atoms with E-state index in [1.807, 2.05) is 30.3 Å². The second-order valence-corrected chi connectivity index (χ2v) is 4.43. The second-order valence-electron chi connectivity index (χ2n) is 4.43. The molecule has 0 unspecified atom stereocenters.